The highest BCUT2D eigenvalue weighted by molar-refractivity contribution is 5.80. The number of allylic oxidation sites excluding steroid dienone is 3. The van der Waals surface area contributed by atoms with Crippen LogP contribution in [-0.4, -0.2) is 46.1 Å². The first-order chi connectivity index (χ1) is 25.1. The minimum absolute atomic E-state index is 0.364. The van der Waals surface area contributed by atoms with Crippen molar-refractivity contribution in [2.24, 2.45) is 0 Å². The van der Waals surface area contributed by atoms with Crippen LogP contribution in [0.3, 0.4) is 0 Å². The summed E-state index contributed by atoms with van der Waals surface area (Å²) in [6.45, 7) is 4.14. The molecule has 0 saturated heterocycles. The summed E-state index contributed by atoms with van der Waals surface area (Å²) >= 11 is 0. The molecule has 0 aromatic rings. The molecule has 0 aliphatic rings. The summed E-state index contributed by atoms with van der Waals surface area (Å²) in [4.78, 5) is 12.5. The van der Waals surface area contributed by atoms with Crippen LogP contribution in [0.15, 0.2) is 24.3 Å². The summed E-state index contributed by atoms with van der Waals surface area (Å²) in [6.07, 6.45) is 50.8. The Labute approximate surface area is 318 Å². The van der Waals surface area contributed by atoms with Gasteiger partial charge in [0.05, 0.1) is 18.8 Å². The number of carbonyl (C=O) groups excluding carboxylic acids is 1. The van der Waals surface area contributed by atoms with Gasteiger partial charge in [0.1, 0.15) is 6.10 Å². The van der Waals surface area contributed by atoms with Gasteiger partial charge in [0.15, 0.2) is 0 Å². The molecule has 51 heavy (non-hydrogen) atoms. The molecule has 0 aliphatic carbocycles. The summed E-state index contributed by atoms with van der Waals surface area (Å²) in [7, 11) is 0. The fourth-order valence-electron chi connectivity index (χ4n) is 6.95. The highest BCUT2D eigenvalue weighted by Crippen LogP contribution is 2.16. The topological polar surface area (TPSA) is 89.8 Å². The molecule has 0 saturated carbocycles. The predicted octanol–water partition coefficient (Wildman–Crippen LogP) is 13.0. The number of aliphatic hydroxyl groups excluding tert-OH is 3. The van der Waals surface area contributed by atoms with Gasteiger partial charge in [0, 0.05) is 0 Å². The summed E-state index contributed by atoms with van der Waals surface area (Å²) in [5.74, 6) is -0.503. The molecular formula is C46H89NO4. The van der Waals surface area contributed by atoms with Crippen LogP contribution >= 0.6 is 0 Å². The quantitative estimate of drug-likeness (QED) is 0.0374. The number of nitrogens with one attached hydrogen (secondary N) is 1. The van der Waals surface area contributed by atoms with Gasteiger partial charge in [-0.3, -0.25) is 4.79 Å². The van der Waals surface area contributed by atoms with E-state index in [4.69, 9.17) is 0 Å². The molecule has 0 heterocycles. The van der Waals surface area contributed by atoms with Crippen LogP contribution in [0, 0.1) is 0 Å². The smallest absolute Gasteiger partial charge is 0.249 e. The first kappa shape index (κ1) is 49.8. The van der Waals surface area contributed by atoms with Gasteiger partial charge < -0.3 is 20.6 Å². The Hall–Kier alpha value is -1.17. The Morgan fingerprint density at radius 3 is 1.22 bits per heavy atom. The highest BCUT2D eigenvalue weighted by atomic mass is 16.3. The third-order valence-electron chi connectivity index (χ3n) is 10.5. The summed E-state index contributed by atoms with van der Waals surface area (Å²) in [6, 6.07) is -0.797. The molecule has 0 radical (unpaired) electrons. The molecule has 0 bridgehead atoms. The molecule has 0 aromatic heterocycles. The average Bonchev–Trinajstić information content (AvgIpc) is 3.13. The molecule has 0 spiro atoms. The lowest BCUT2D eigenvalue weighted by atomic mass is 10.0. The number of amides is 1. The fourth-order valence-corrected chi connectivity index (χ4v) is 6.95. The number of carbonyl (C=O) groups is 1. The van der Waals surface area contributed by atoms with Crippen LogP contribution in [-0.2, 0) is 4.79 Å². The molecule has 5 nitrogen and oxygen atoms in total. The molecule has 4 N–H and O–H groups in total. The van der Waals surface area contributed by atoms with Crippen LogP contribution in [0.1, 0.15) is 239 Å². The van der Waals surface area contributed by atoms with Crippen molar-refractivity contribution >= 4 is 5.91 Å². The van der Waals surface area contributed by atoms with Gasteiger partial charge in [0.25, 0.3) is 0 Å². The van der Waals surface area contributed by atoms with E-state index in [0.29, 0.717) is 6.42 Å². The van der Waals surface area contributed by atoms with Crippen molar-refractivity contribution in [3.05, 3.63) is 24.3 Å². The Bertz CT molecular complexity index is 754. The zero-order valence-electron chi connectivity index (χ0n) is 34.2. The van der Waals surface area contributed by atoms with E-state index >= 15 is 0 Å². The van der Waals surface area contributed by atoms with Crippen molar-refractivity contribution in [2.75, 3.05) is 6.61 Å². The Morgan fingerprint density at radius 1 is 0.471 bits per heavy atom. The largest absolute Gasteiger partial charge is 0.394 e. The number of hydrogen-bond donors (Lipinski definition) is 4. The normalized spacial score (nSPS) is 13.7. The third-order valence-corrected chi connectivity index (χ3v) is 10.5. The summed E-state index contributed by atoms with van der Waals surface area (Å²) in [5.41, 5.74) is 0. The van der Waals surface area contributed by atoms with Crippen LogP contribution in [0.4, 0.5) is 0 Å². The predicted molar refractivity (Wildman–Crippen MR) is 222 cm³/mol. The van der Waals surface area contributed by atoms with Gasteiger partial charge in [-0.2, -0.15) is 0 Å². The SMILES string of the molecule is CCC/C=C\CCCCCCCC/C=C/[C@@H](O)[C@H](CO)NC(=O)C(O)CCCCCCCCCCCCCCCCCCCCCCCCCC. The maximum atomic E-state index is 12.5. The van der Waals surface area contributed by atoms with Crippen molar-refractivity contribution in [1.82, 2.24) is 5.32 Å². The Kier molecular flexibility index (Phi) is 40.6. The van der Waals surface area contributed by atoms with E-state index in [1.807, 2.05) is 6.08 Å². The maximum Gasteiger partial charge on any atom is 0.249 e. The second-order valence-electron chi connectivity index (χ2n) is 15.6. The standard InChI is InChI=1S/C46H89NO4/c1-3-5-7-9-11-13-15-17-18-19-20-21-22-23-24-25-26-27-29-31-33-35-37-39-41-45(50)46(51)47-43(42-48)44(49)40-38-36-34-32-30-28-16-14-12-10-8-6-4-2/h8,10,38,40,43-45,48-50H,3-7,9,11-37,39,41-42H2,1-2H3,(H,47,51)/b10-8-,40-38+/t43-,44+,45?/m0/s1. The molecule has 3 atom stereocenters. The lowest BCUT2D eigenvalue weighted by molar-refractivity contribution is -0.131. The van der Waals surface area contributed by atoms with Crippen LogP contribution in [0.2, 0.25) is 0 Å². The van der Waals surface area contributed by atoms with E-state index in [2.05, 4.69) is 31.3 Å². The lowest BCUT2D eigenvalue weighted by Gasteiger charge is -2.21. The molecule has 0 rings (SSSR count). The molecule has 1 amide bonds. The number of rotatable bonds is 41. The van der Waals surface area contributed by atoms with Crippen molar-refractivity contribution in [1.29, 1.82) is 0 Å². The Balaban J connectivity index is 3.58. The number of aliphatic hydroxyl groups is 3. The zero-order valence-corrected chi connectivity index (χ0v) is 34.2. The minimum Gasteiger partial charge on any atom is -0.394 e. The lowest BCUT2D eigenvalue weighted by Crippen LogP contribution is -2.48. The van der Waals surface area contributed by atoms with Gasteiger partial charge in [-0.05, 0) is 38.5 Å². The van der Waals surface area contributed by atoms with E-state index < -0.39 is 24.2 Å². The van der Waals surface area contributed by atoms with Crippen LogP contribution in [0.5, 0.6) is 0 Å². The van der Waals surface area contributed by atoms with Gasteiger partial charge in [-0.1, -0.05) is 224 Å². The molecule has 0 fully saturated rings. The first-order valence-corrected chi connectivity index (χ1v) is 22.7. The Morgan fingerprint density at radius 2 is 0.824 bits per heavy atom. The molecule has 1 unspecified atom stereocenters. The van der Waals surface area contributed by atoms with Crippen LogP contribution < -0.4 is 5.32 Å². The summed E-state index contributed by atoms with van der Waals surface area (Å²) < 4.78 is 0. The third kappa shape index (κ3) is 37.0. The van der Waals surface area contributed by atoms with Gasteiger partial charge >= 0.3 is 0 Å². The van der Waals surface area contributed by atoms with Crippen molar-refractivity contribution < 1.29 is 20.1 Å². The van der Waals surface area contributed by atoms with Crippen molar-refractivity contribution in [3.8, 4) is 0 Å². The van der Waals surface area contributed by atoms with E-state index in [0.717, 1.165) is 32.1 Å². The van der Waals surface area contributed by atoms with Gasteiger partial charge in [-0.25, -0.2) is 0 Å². The first-order valence-electron chi connectivity index (χ1n) is 22.7. The number of unbranched alkanes of at least 4 members (excludes halogenated alkanes) is 31. The summed E-state index contributed by atoms with van der Waals surface area (Å²) in [5, 5.41) is 33.1. The molecule has 0 aromatic carbocycles. The van der Waals surface area contributed by atoms with Crippen molar-refractivity contribution in [3.63, 3.8) is 0 Å². The van der Waals surface area contributed by atoms with Gasteiger partial charge in [-0.15, -0.1) is 0 Å². The van der Waals surface area contributed by atoms with E-state index in [9.17, 15) is 20.1 Å². The van der Waals surface area contributed by atoms with Gasteiger partial charge in [0.2, 0.25) is 5.91 Å². The van der Waals surface area contributed by atoms with E-state index in [1.54, 1.807) is 6.08 Å². The second kappa shape index (κ2) is 41.6. The number of hydrogen-bond acceptors (Lipinski definition) is 4. The van der Waals surface area contributed by atoms with E-state index in [-0.39, 0.29) is 6.61 Å². The van der Waals surface area contributed by atoms with E-state index in [1.165, 1.54) is 186 Å². The highest BCUT2D eigenvalue weighted by Gasteiger charge is 2.22. The molecule has 0 aliphatic heterocycles. The molecule has 302 valence electrons. The molecular weight excluding hydrogens is 631 g/mol. The monoisotopic (exact) mass is 720 g/mol. The van der Waals surface area contributed by atoms with Crippen LogP contribution in [0.25, 0.3) is 0 Å². The maximum absolute atomic E-state index is 12.5. The average molecular weight is 720 g/mol. The molecule has 5 heteroatoms. The van der Waals surface area contributed by atoms with Crippen molar-refractivity contribution in [2.45, 2.75) is 257 Å². The minimum atomic E-state index is -1.10. The fraction of sp³-hybridized carbons (Fsp3) is 0.891. The zero-order chi connectivity index (χ0) is 37.3. The second-order valence-corrected chi connectivity index (χ2v) is 15.6.